The second-order valence-electron chi connectivity index (χ2n) is 9.88. The number of aromatic nitrogens is 3. The number of allylic oxidation sites excluding steroid dienone is 1. The van der Waals surface area contributed by atoms with Crippen LogP contribution < -0.4 is 20.0 Å². The van der Waals surface area contributed by atoms with Crippen molar-refractivity contribution in [2.24, 2.45) is 0 Å². The molecule has 5 rings (SSSR count). The van der Waals surface area contributed by atoms with E-state index in [9.17, 15) is 14.2 Å². The summed E-state index contributed by atoms with van der Waals surface area (Å²) in [7, 11) is -2.56. The van der Waals surface area contributed by atoms with E-state index in [0.29, 0.717) is 49.6 Å². The zero-order valence-corrected chi connectivity index (χ0v) is 26.6. The minimum absolute atomic E-state index is 0.0986. The fourth-order valence-corrected chi connectivity index (χ4v) is 7.04. The highest BCUT2D eigenvalue weighted by molar-refractivity contribution is 7.99. The molecule has 5 aromatic rings. The maximum atomic E-state index is 14.6. The van der Waals surface area contributed by atoms with Gasteiger partial charge in [-0.2, -0.15) is 0 Å². The number of carbonyl (C=O) groups excluding carboxylic acids is 2. The van der Waals surface area contributed by atoms with Gasteiger partial charge >= 0.3 is 7.67 Å². The van der Waals surface area contributed by atoms with Gasteiger partial charge in [0.1, 0.15) is 11.8 Å². The summed E-state index contributed by atoms with van der Waals surface area (Å²) in [6, 6.07) is 22.1. The van der Waals surface area contributed by atoms with Gasteiger partial charge in [-0.15, -0.1) is 0 Å². The van der Waals surface area contributed by atoms with Gasteiger partial charge in [-0.25, -0.2) is 14.6 Å². The molecule has 0 radical (unpaired) electrons. The van der Waals surface area contributed by atoms with Gasteiger partial charge in [0.15, 0.2) is 5.75 Å². The number of benzene rings is 3. The molecular formula is C33H30N7O4PS. The van der Waals surface area contributed by atoms with Crippen LogP contribution in [0.25, 0.3) is 17.1 Å². The third kappa shape index (κ3) is 7.91. The highest BCUT2D eigenvalue weighted by Gasteiger charge is 2.30. The summed E-state index contributed by atoms with van der Waals surface area (Å²) >= 11 is 1.33. The zero-order chi connectivity index (χ0) is 32.5. The fraction of sp³-hybridized carbons (Fsp3) is 0.0909. The summed E-state index contributed by atoms with van der Waals surface area (Å²) in [5.41, 5.74) is 2.86. The molecule has 2 unspecified atom stereocenters. The van der Waals surface area contributed by atoms with Gasteiger partial charge in [0.25, 0.3) is 5.91 Å². The molecule has 0 saturated carbocycles. The van der Waals surface area contributed by atoms with Crippen LogP contribution in [0.15, 0.2) is 113 Å². The molecule has 3 aromatic carbocycles. The Labute approximate surface area is 270 Å². The Morgan fingerprint density at radius 3 is 2.54 bits per heavy atom. The van der Waals surface area contributed by atoms with E-state index in [1.165, 1.54) is 18.0 Å². The number of para-hydroxylation sites is 1. The number of carbonyl (C=O) groups is 2. The highest BCUT2D eigenvalue weighted by Crippen LogP contribution is 2.46. The van der Waals surface area contributed by atoms with Crippen molar-refractivity contribution in [1.29, 1.82) is 5.41 Å². The smallest absolute Gasteiger partial charge is 0.416 e. The number of hydrogen-bond donors (Lipinski definition) is 4. The first-order chi connectivity index (χ1) is 22.3. The standard InChI is InChI=1S/C33H30N7O4PS/c1-22(21-41)39-45(43,44-30-11-7-10-28-32(30)38-19-18-37-28)40-29-20-24(46-31-12-4-3-9-26(31)33(42)35-2)14-15-25(29)27(34)16-13-23-8-5-6-17-36-23/h3-22,34H,1-2H3,(H,35,42)(H2,39,40,43)/b16-13+,34-27?. The van der Waals surface area contributed by atoms with E-state index < -0.39 is 13.7 Å². The Kier molecular flexibility index (Phi) is 10.3. The van der Waals surface area contributed by atoms with Gasteiger partial charge in [0.2, 0.25) is 0 Å². The monoisotopic (exact) mass is 651 g/mol. The average Bonchev–Trinajstić information content (AvgIpc) is 3.07. The summed E-state index contributed by atoms with van der Waals surface area (Å²) in [6.45, 7) is 1.55. The molecule has 0 aliphatic heterocycles. The number of aldehydes is 1. The first-order valence-electron chi connectivity index (χ1n) is 14.1. The molecule has 0 fully saturated rings. The van der Waals surface area contributed by atoms with E-state index in [1.807, 2.05) is 30.3 Å². The molecule has 0 spiro atoms. The number of nitrogens with one attached hydrogen (secondary N) is 4. The third-order valence-electron chi connectivity index (χ3n) is 6.51. The van der Waals surface area contributed by atoms with Gasteiger partial charge in [0.05, 0.1) is 34.2 Å². The lowest BCUT2D eigenvalue weighted by Gasteiger charge is -2.25. The summed E-state index contributed by atoms with van der Waals surface area (Å²) in [5, 5.41) is 17.3. The SMILES string of the molecule is CNC(=O)c1ccccc1Sc1ccc(C(=N)/C=C/c2ccccn2)c(NP(=O)(NC(C)C=O)Oc2cccc3nccnc23)c1. The Morgan fingerprint density at radius 1 is 0.957 bits per heavy atom. The second kappa shape index (κ2) is 14.7. The van der Waals surface area contributed by atoms with Crippen molar-refractivity contribution in [1.82, 2.24) is 25.4 Å². The Bertz CT molecular complexity index is 1970. The van der Waals surface area contributed by atoms with Crippen LogP contribution >= 0.6 is 19.4 Å². The third-order valence-corrected chi connectivity index (χ3v) is 9.31. The van der Waals surface area contributed by atoms with Crippen LogP contribution in [0.3, 0.4) is 0 Å². The first kappa shape index (κ1) is 32.2. The number of nitrogens with zero attached hydrogens (tertiary/aromatic N) is 3. The van der Waals surface area contributed by atoms with Crippen LogP contribution in [0.5, 0.6) is 5.75 Å². The Hall–Kier alpha value is -5.16. The maximum Gasteiger partial charge on any atom is 0.417 e. The number of amides is 1. The van der Waals surface area contributed by atoms with Crippen molar-refractivity contribution in [3.63, 3.8) is 0 Å². The molecule has 4 N–H and O–H groups in total. The molecule has 0 aliphatic carbocycles. The molecule has 46 heavy (non-hydrogen) atoms. The normalized spacial score (nSPS) is 13.1. The predicted octanol–water partition coefficient (Wildman–Crippen LogP) is 6.39. The summed E-state index contributed by atoms with van der Waals surface area (Å²) in [6.07, 6.45) is 8.60. The molecule has 1 amide bonds. The van der Waals surface area contributed by atoms with Crippen molar-refractivity contribution in [3.05, 3.63) is 120 Å². The number of hydrogen-bond acceptors (Lipinski definition) is 9. The van der Waals surface area contributed by atoms with Crippen LogP contribution in [-0.2, 0) is 9.36 Å². The molecule has 0 bridgehead atoms. The summed E-state index contributed by atoms with van der Waals surface area (Å²) < 4.78 is 20.7. The van der Waals surface area contributed by atoms with Gasteiger partial charge < -0.3 is 20.0 Å². The van der Waals surface area contributed by atoms with Crippen LogP contribution in [-0.4, -0.2) is 45.9 Å². The molecule has 0 saturated heterocycles. The highest BCUT2D eigenvalue weighted by atomic mass is 32.2. The molecule has 2 atom stereocenters. The largest absolute Gasteiger partial charge is 0.417 e. The molecule has 0 aliphatic rings. The number of rotatable bonds is 13. The average molecular weight is 652 g/mol. The lowest BCUT2D eigenvalue weighted by Crippen LogP contribution is -2.30. The van der Waals surface area contributed by atoms with Crippen molar-refractivity contribution in [2.75, 3.05) is 12.1 Å². The van der Waals surface area contributed by atoms with Gasteiger partial charge in [0, 0.05) is 41.0 Å². The second-order valence-corrected chi connectivity index (χ2v) is 12.8. The first-order valence-corrected chi connectivity index (χ1v) is 16.5. The quantitative estimate of drug-likeness (QED) is 0.0638. The van der Waals surface area contributed by atoms with Crippen LogP contribution in [0.4, 0.5) is 5.69 Å². The van der Waals surface area contributed by atoms with Crippen molar-refractivity contribution < 1.29 is 18.7 Å². The van der Waals surface area contributed by atoms with Gasteiger partial charge in [-0.05, 0) is 73.7 Å². The van der Waals surface area contributed by atoms with E-state index in [1.54, 1.807) is 87.0 Å². The van der Waals surface area contributed by atoms with E-state index in [4.69, 9.17) is 9.93 Å². The number of pyridine rings is 1. The minimum atomic E-state index is -4.12. The molecule has 2 heterocycles. The molecule has 2 aromatic heterocycles. The predicted molar refractivity (Wildman–Crippen MR) is 181 cm³/mol. The zero-order valence-electron chi connectivity index (χ0n) is 24.9. The van der Waals surface area contributed by atoms with Crippen molar-refractivity contribution in [2.45, 2.75) is 22.8 Å². The lowest BCUT2D eigenvalue weighted by molar-refractivity contribution is -0.108. The molecular weight excluding hydrogens is 621 g/mol. The Balaban J connectivity index is 1.57. The summed E-state index contributed by atoms with van der Waals surface area (Å²) in [4.78, 5) is 38.5. The fourth-order valence-electron chi connectivity index (χ4n) is 4.37. The van der Waals surface area contributed by atoms with Gasteiger partial charge in [-0.1, -0.05) is 36.0 Å². The topological polar surface area (TPSA) is 159 Å². The van der Waals surface area contributed by atoms with Crippen LogP contribution in [0.1, 0.15) is 28.5 Å². The Morgan fingerprint density at radius 2 is 1.76 bits per heavy atom. The lowest BCUT2D eigenvalue weighted by atomic mass is 10.1. The van der Waals surface area contributed by atoms with E-state index >= 15 is 0 Å². The molecule has 232 valence electrons. The number of fused-ring (bicyclic) bond motifs is 1. The van der Waals surface area contributed by atoms with Crippen molar-refractivity contribution >= 4 is 60.1 Å². The van der Waals surface area contributed by atoms with E-state index in [-0.39, 0.29) is 17.4 Å². The minimum Gasteiger partial charge on any atom is -0.416 e. The van der Waals surface area contributed by atoms with E-state index in [2.05, 4.69) is 30.4 Å². The number of anilines is 1. The maximum absolute atomic E-state index is 14.6. The summed E-state index contributed by atoms with van der Waals surface area (Å²) in [5.74, 6) is -0.0496. The van der Waals surface area contributed by atoms with Crippen LogP contribution in [0, 0.1) is 5.41 Å². The van der Waals surface area contributed by atoms with Crippen LogP contribution in [0.2, 0.25) is 0 Å². The molecule has 13 heteroatoms. The van der Waals surface area contributed by atoms with E-state index in [0.717, 1.165) is 0 Å². The van der Waals surface area contributed by atoms with Crippen molar-refractivity contribution in [3.8, 4) is 5.75 Å². The van der Waals surface area contributed by atoms with Gasteiger partial charge in [-0.3, -0.25) is 19.8 Å². The molecule has 11 nitrogen and oxygen atoms in total.